The first-order valence-electron chi connectivity index (χ1n) is 5.86. The normalized spacial score (nSPS) is 19.7. The van der Waals surface area contributed by atoms with E-state index < -0.39 is 11.7 Å². The highest BCUT2D eigenvalue weighted by Crippen LogP contribution is 2.14. The molecule has 0 atom stereocenters. The van der Waals surface area contributed by atoms with Gasteiger partial charge in [0.05, 0.1) is 6.54 Å². The number of ether oxygens (including phenoxy) is 1. The summed E-state index contributed by atoms with van der Waals surface area (Å²) < 4.78 is 5.27. The van der Waals surface area contributed by atoms with Crippen LogP contribution in [0.5, 0.6) is 0 Å². The average Bonchev–Trinajstić information content (AvgIpc) is 2.18. The van der Waals surface area contributed by atoms with E-state index in [1.165, 1.54) is 4.90 Å². The van der Waals surface area contributed by atoms with E-state index in [0.717, 1.165) is 5.06 Å². The van der Waals surface area contributed by atoms with Crippen molar-refractivity contribution in [2.75, 3.05) is 19.6 Å². The molecule has 1 fully saturated rings. The lowest BCUT2D eigenvalue weighted by Gasteiger charge is -2.34. The molecule has 1 amide bonds. The topological polar surface area (TPSA) is 65.4 Å². The van der Waals surface area contributed by atoms with E-state index in [9.17, 15) is 10.0 Å². The van der Waals surface area contributed by atoms with Gasteiger partial charge in [0.2, 0.25) is 5.96 Å². The Balaban J connectivity index is 2.79. The molecule has 1 aliphatic rings. The molecule has 0 unspecified atom stereocenters. The summed E-state index contributed by atoms with van der Waals surface area (Å²) in [5, 5.41) is 10.7. The molecule has 0 aromatic carbocycles. The van der Waals surface area contributed by atoms with E-state index in [1.54, 1.807) is 0 Å². The Morgan fingerprint density at radius 2 is 2.12 bits per heavy atom. The summed E-state index contributed by atoms with van der Waals surface area (Å²) in [6.07, 6.45) is 0.224. The van der Waals surface area contributed by atoms with Crippen molar-refractivity contribution >= 4 is 12.1 Å². The van der Waals surface area contributed by atoms with Crippen molar-refractivity contribution in [2.24, 2.45) is 4.99 Å². The number of aliphatic imine (C=N–C) groups is 1. The van der Waals surface area contributed by atoms with Crippen LogP contribution in [-0.4, -0.2) is 52.5 Å². The molecule has 1 rings (SSSR count). The molecule has 6 nitrogen and oxygen atoms in total. The first-order chi connectivity index (χ1) is 7.85. The summed E-state index contributed by atoms with van der Waals surface area (Å²) in [4.78, 5) is 17.4. The van der Waals surface area contributed by atoms with Gasteiger partial charge in [0.25, 0.3) is 0 Å². The molecular weight excluding hydrogens is 222 g/mol. The number of carbonyl (C=O) groups is 1. The van der Waals surface area contributed by atoms with Gasteiger partial charge in [0, 0.05) is 13.1 Å². The standard InChI is InChI=1S/C11H21N3O3/c1-5-12-9-13(7-6-8-14(9)16)10(15)17-11(2,3)4/h16H,5-8H2,1-4H3. The van der Waals surface area contributed by atoms with Crippen LogP contribution in [0.15, 0.2) is 4.99 Å². The molecule has 1 N–H and O–H groups in total. The van der Waals surface area contributed by atoms with Gasteiger partial charge in [-0.1, -0.05) is 0 Å². The first kappa shape index (κ1) is 13.8. The minimum atomic E-state index is -0.549. The highest BCUT2D eigenvalue weighted by molar-refractivity contribution is 5.94. The number of hydrogen-bond donors (Lipinski definition) is 1. The van der Waals surface area contributed by atoms with E-state index in [1.807, 2.05) is 27.7 Å². The third-order valence-electron chi connectivity index (χ3n) is 2.14. The quantitative estimate of drug-likeness (QED) is 0.761. The van der Waals surface area contributed by atoms with Crippen molar-refractivity contribution in [3.8, 4) is 0 Å². The van der Waals surface area contributed by atoms with Crippen LogP contribution in [0.3, 0.4) is 0 Å². The number of rotatable bonds is 1. The lowest BCUT2D eigenvalue weighted by atomic mass is 10.2. The number of carbonyl (C=O) groups excluding carboxylic acids is 1. The van der Waals surface area contributed by atoms with Crippen LogP contribution in [0.4, 0.5) is 4.79 Å². The SMILES string of the molecule is CCN=C1N(O)CCCN1C(=O)OC(C)(C)C. The van der Waals surface area contributed by atoms with Gasteiger partial charge in [-0.15, -0.1) is 0 Å². The number of guanidine groups is 1. The molecule has 0 radical (unpaired) electrons. The Kier molecular flexibility index (Phi) is 4.34. The first-order valence-corrected chi connectivity index (χ1v) is 5.86. The molecule has 0 aromatic rings. The zero-order chi connectivity index (χ0) is 13.1. The fraction of sp³-hybridized carbons (Fsp3) is 0.818. The molecule has 98 valence electrons. The van der Waals surface area contributed by atoms with E-state index in [2.05, 4.69) is 4.99 Å². The van der Waals surface area contributed by atoms with Gasteiger partial charge in [-0.2, -0.15) is 0 Å². The molecule has 1 saturated heterocycles. The number of hydroxylamine groups is 2. The van der Waals surface area contributed by atoms with E-state index in [0.29, 0.717) is 26.1 Å². The number of hydrogen-bond acceptors (Lipinski definition) is 4. The predicted molar refractivity (Wildman–Crippen MR) is 64.0 cm³/mol. The summed E-state index contributed by atoms with van der Waals surface area (Å²) in [5.41, 5.74) is -0.549. The van der Waals surface area contributed by atoms with Crippen LogP contribution in [-0.2, 0) is 4.74 Å². The Morgan fingerprint density at radius 3 is 2.65 bits per heavy atom. The summed E-state index contributed by atoms with van der Waals surface area (Å²) in [5.74, 6) is 0.271. The Bertz CT molecular complexity index is 310. The fourth-order valence-electron chi connectivity index (χ4n) is 1.52. The number of amides is 1. The van der Waals surface area contributed by atoms with Crippen molar-refractivity contribution in [3.05, 3.63) is 0 Å². The smallest absolute Gasteiger partial charge is 0.417 e. The highest BCUT2D eigenvalue weighted by atomic mass is 16.6. The third kappa shape index (κ3) is 3.89. The molecule has 0 aliphatic carbocycles. The Labute approximate surface area is 102 Å². The summed E-state index contributed by atoms with van der Waals surface area (Å²) in [7, 11) is 0. The van der Waals surface area contributed by atoms with Crippen LogP contribution in [0.2, 0.25) is 0 Å². The van der Waals surface area contributed by atoms with E-state index in [4.69, 9.17) is 4.74 Å². The van der Waals surface area contributed by atoms with Crippen LogP contribution in [0.25, 0.3) is 0 Å². The maximum Gasteiger partial charge on any atom is 0.417 e. The molecule has 0 aromatic heterocycles. The van der Waals surface area contributed by atoms with Gasteiger partial charge in [-0.25, -0.2) is 14.8 Å². The van der Waals surface area contributed by atoms with Crippen molar-refractivity contribution in [2.45, 2.75) is 39.7 Å². The number of nitrogens with zero attached hydrogens (tertiary/aromatic N) is 3. The maximum atomic E-state index is 11.9. The molecule has 6 heteroatoms. The van der Waals surface area contributed by atoms with Gasteiger partial charge in [0.1, 0.15) is 5.60 Å². The van der Waals surface area contributed by atoms with E-state index in [-0.39, 0.29) is 5.96 Å². The molecule has 0 spiro atoms. The largest absolute Gasteiger partial charge is 0.443 e. The summed E-state index contributed by atoms with van der Waals surface area (Å²) in [6.45, 7) is 8.78. The van der Waals surface area contributed by atoms with Gasteiger partial charge in [-0.3, -0.25) is 10.2 Å². The third-order valence-corrected chi connectivity index (χ3v) is 2.14. The maximum absolute atomic E-state index is 11.9. The van der Waals surface area contributed by atoms with Crippen LogP contribution >= 0.6 is 0 Å². The minimum Gasteiger partial charge on any atom is -0.443 e. The Hall–Kier alpha value is -1.30. The molecule has 1 heterocycles. The molecule has 1 aliphatic heterocycles. The average molecular weight is 243 g/mol. The second-order valence-corrected chi connectivity index (χ2v) is 4.88. The summed E-state index contributed by atoms with van der Waals surface area (Å²) in [6, 6.07) is 0. The minimum absolute atomic E-state index is 0.271. The summed E-state index contributed by atoms with van der Waals surface area (Å²) >= 11 is 0. The molecule has 0 bridgehead atoms. The fourth-order valence-corrected chi connectivity index (χ4v) is 1.52. The Morgan fingerprint density at radius 1 is 1.47 bits per heavy atom. The van der Waals surface area contributed by atoms with E-state index >= 15 is 0 Å². The molecule has 0 saturated carbocycles. The van der Waals surface area contributed by atoms with Crippen LogP contribution < -0.4 is 0 Å². The van der Waals surface area contributed by atoms with Crippen molar-refractivity contribution in [3.63, 3.8) is 0 Å². The van der Waals surface area contributed by atoms with Crippen molar-refractivity contribution < 1.29 is 14.7 Å². The lowest BCUT2D eigenvalue weighted by Crippen LogP contribution is -2.52. The van der Waals surface area contributed by atoms with Gasteiger partial charge in [0.15, 0.2) is 0 Å². The molecular formula is C11H21N3O3. The van der Waals surface area contributed by atoms with Gasteiger partial charge < -0.3 is 4.74 Å². The second-order valence-electron chi connectivity index (χ2n) is 4.88. The molecule has 17 heavy (non-hydrogen) atoms. The lowest BCUT2D eigenvalue weighted by molar-refractivity contribution is -0.0468. The van der Waals surface area contributed by atoms with Crippen molar-refractivity contribution in [1.82, 2.24) is 9.96 Å². The van der Waals surface area contributed by atoms with Gasteiger partial charge >= 0.3 is 6.09 Å². The monoisotopic (exact) mass is 243 g/mol. The predicted octanol–water partition coefficient (Wildman–Crippen LogP) is 1.69. The van der Waals surface area contributed by atoms with Crippen LogP contribution in [0, 0.1) is 0 Å². The van der Waals surface area contributed by atoms with Crippen LogP contribution in [0.1, 0.15) is 34.1 Å². The van der Waals surface area contributed by atoms with Gasteiger partial charge in [-0.05, 0) is 34.1 Å². The zero-order valence-corrected chi connectivity index (χ0v) is 10.9. The van der Waals surface area contributed by atoms with Crippen molar-refractivity contribution in [1.29, 1.82) is 0 Å². The highest BCUT2D eigenvalue weighted by Gasteiger charge is 2.31. The second kappa shape index (κ2) is 5.35. The zero-order valence-electron chi connectivity index (χ0n) is 10.9.